The Morgan fingerprint density at radius 2 is 1.24 bits per heavy atom. The molecule has 3 rings (SSSR count). The fourth-order valence-electron chi connectivity index (χ4n) is 2.69. The first-order valence-corrected chi connectivity index (χ1v) is 8.55. The van der Waals surface area contributed by atoms with Gasteiger partial charge in [-0.2, -0.15) is 0 Å². The monoisotopic (exact) mass is 410 g/mol. The van der Waals surface area contributed by atoms with Gasteiger partial charge in [-0.25, -0.2) is 0 Å². The smallest absolute Gasteiger partial charge is 0.128 e. The number of hydrogen-bond acceptors (Lipinski definition) is 2. The third-order valence-corrected chi connectivity index (χ3v) is 4.84. The lowest BCUT2D eigenvalue weighted by atomic mass is 10.0. The van der Waals surface area contributed by atoms with Crippen molar-refractivity contribution in [3.05, 3.63) is 45.3 Å². The van der Waals surface area contributed by atoms with Crippen molar-refractivity contribution in [1.29, 1.82) is 0 Å². The highest BCUT2D eigenvalue weighted by atomic mass is 79.9. The second kappa shape index (κ2) is 6.01. The molecular weight excluding hydrogens is 396 g/mol. The molecule has 0 saturated heterocycles. The van der Waals surface area contributed by atoms with Crippen molar-refractivity contribution in [3.8, 4) is 22.6 Å². The lowest BCUT2D eigenvalue weighted by molar-refractivity contribution is 0.134. The molecule has 0 radical (unpaired) electrons. The van der Waals surface area contributed by atoms with Gasteiger partial charge in [0.2, 0.25) is 0 Å². The van der Waals surface area contributed by atoms with Crippen LogP contribution in [0.2, 0.25) is 0 Å². The van der Waals surface area contributed by atoms with Gasteiger partial charge in [0.25, 0.3) is 0 Å². The Balaban J connectivity index is 2.29. The third-order valence-electron chi connectivity index (χ3n) is 3.52. The van der Waals surface area contributed by atoms with Crippen LogP contribution < -0.4 is 9.47 Å². The summed E-state index contributed by atoms with van der Waals surface area (Å²) in [6, 6.07) is 12.1. The van der Waals surface area contributed by atoms with Crippen LogP contribution in [0.4, 0.5) is 0 Å². The molecule has 2 aromatic rings. The van der Waals surface area contributed by atoms with Gasteiger partial charge in [-0.3, -0.25) is 0 Å². The van der Waals surface area contributed by atoms with Gasteiger partial charge in [-0.1, -0.05) is 44.0 Å². The molecule has 0 aromatic heterocycles. The van der Waals surface area contributed by atoms with Gasteiger partial charge in [0.1, 0.15) is 11.5 Å². The first-order valence-electron chi connectivity index (χ1n) is 6.97. The Hall–Kier alpha value is -1.00. The van der Waals surface area contributed by atoms with Crippen LogP contribution in [0, 0.1) is 0 Å². The van der Waals surface area contributed by atoms with Gasteiger partial charge in [-0.05, 0) is 38.1 Å². The van der Waals surface area contributed by atoms with Gasteiger partial charge in [0.05, 0.1) is 12.2 Å². The summed E-state index contributed by atoms with van der Waals surface area (Å²) in [5, 5.41) is 0. The summed E-state index contributed by atoms with van der Waals surface area (Å²) >= 11 is 7.30. The molecule has 110 valence electrons. The highest BCUT2D eigenvalue weighted by molar-refractivity contribution is 9.11. The molecule has 2 atom stereocenters. The molecule has 2 aromatic carbocycles. The number of hydrogen-bond donors (Lipinski definition) is 0. The fraction of sp³-hybridized carbons (Fsp3) is 0.294. The first kappa shape index (κ1) is 14.9. The number of benzene rings is 2. The van der Waals surface area contributed by atoms with Gasteiger partial charge in [0.15, 0.2) is 0 Å². The second-order valence-electron chi connectivity index (χ2n) is 5.32. The van der Waals surface area contributed by atoms with Gasteiger partial charge in [-0.15, -0.1) is 0 Å². The van der Waals surface area contributed by atoms with Crippen molar-refractivity contribution in [2.75, 3.05) is 0 Å². The minimum absolute atomic E-state index is 0.0983. The Kier molecular flexibility index (Phi) is 4.27. The zero-order valence-corrected chi connectivity index (χ0v) is 15.1. The number of rotatable bonds is 0. The van der Waals surface area contributed by atoms with Crippen LogP contribution in [-0.2, 0) is 0 Å². The highest BCUT2D eigenvalue weighted by Crippen LogP contribution is 2.46. The van der Waals surface area contributed by atoms with Crippen molar-refractivity contribution in [2.24, 2.45) is 0 Å². The highest BCUT2D eigenvalue weighted by Gasteiger charge is 2.23. The second-order valence-corrected chi connectivity index (χ2v) is 7.03. The zero-order valence-electron chi connectivity index (χ0n) is 11.9. The maximum atomic E-state index is 6.15. The van der Waals surface area contributed by atoms with Crippen LogP contribution in [0.3, 0.4) is 0 Å². The van der Waals surface area contributed by atoms with Gasteiger partial charge < -0.3 is 9.47 Å². The third kappa shape index (κ3) is 2.97. The quantitative estimate of drug-likeness (QED) is 0.543. The molecule has 1 heterocycles. The Labute approximate surface area is 141 Å². The molecule has 1 aliphatic heterocycles. The summed E-state index contributed by atoms with van der Waals surface area (Å²) in [6.07, 6.45) is 1.04. The molecule has 4 heteroatoms. The molecule has 0 N–H and O–H groups in total. The van der Waals surface area contributed by atoms with Crippen molar-refractivity contribution in [2.45, 2.75) is 32.5 Å². The van der Waals surface area contributed by atoms with Crippen molar-refractivity contribution >= 4 is 31.9 Å². The number of ether oxygens (including phenoxy) is 2. The summed E-state index contributed by atoms with van der Waals surface area (Å²) in [6.45, 7) is 4.16. The van der Waals surface area contributed by atoms with Crippen LogP contribution in [-0.4, -0.2) is 12.2 Å². The van der Waals surface area contributed by atoms with E-state index in [9.17, 15) is 0 Å². The standard InChI is InChI=1S/C17H16Br2O2/c1-10-9-11(2)21-15-8-4-6-13(19)17(15)16-12(18)5-3-7-14(16)20-10/h3-8,10-11H,9H2,1-2H3/t10-,11-/m1/s1. The Morgan fingerprint density at radius 1 is 0.810 bits per heavy atom. The lowest BCUT2D eigenvalue weighted by Gasteiger charge is -2.18. The molecule has 1 aliphatic rings. The average Bonchev–Trinajstić information content (AvgIpc) is 2.45. The van der Waals surface area contributed by atoms with E-state index < -0.39 is 0 Å². The van der Waals surface area contributed by atoms with Crippen molar-refractivity contribution in [1.82, 2.24) is 0 Å². The van der Waals surface area contributed by atoms with E-state index in [4.69, 9.17) is 9.47 Å². The molecule has 0 aliphatic carbocycles. The predicted molar refractivity (Wildman–Crippen MR) is 92.1 cm³/mol. The van der Waals surface area contributed by atoms with Crippen LogP contribution in [0.15, 0.2) is 45.3 Å². The molecular formula is C17H16Br2O2. The van der Waals surface area contributed by atoms with Gasteiger partial charge in [0, 0.05) is 26.5 Å². The predicted octanol–water partition coefficient (Wildman–Crippen LogP) is 5.82. The minimum Gasteiger partial charge on any atom is -0.490 e. The van der Waals surface area contributed by atoms with Gasteiger partial charge >= 0.3 is 0 Å². The number of fused-ring (bicyclic) bond motifs is 3. The molecule has 2 nitrogen and oxygen atoms in total. The lowest BCUT2D eigenvalue weighted by Crippen LogP contribution is -2.22. The molecule has 0 spiro atoms. The minimum atomic E-state index is 0.0983. The van der Waals surface area contributed by atoms with E-state index in [-0.39, 0.29) is 12.2 Å². The van der Waals surface area contributed by atoms with E-state index in [2.05, 4.69) is 45.7 Å². The molecule has 0 saturated carbocycles. The summed E-state index contributed by atoms with van der Waals surface area (Å²) < 4.78 is 14.3. The molecule has 0 amide bonds. The van der Waals surface area contributed by atoms with Crippen LogP contribution in [0.5, 0.6) is 11.5 Å². The fourth-order valence-corrected chi connectivity index (χ4v) is 3.78. The summed E-state index contributed by atoms with van der Waals surface area (Å²) in [4.78, 5) is 0. The molecule has 0 fully saturated rings. The van der Waals surface area contributed by atoms with Crippen molar-refractivity contribution < 1.29 is 9.47 Å². The first-order chi connectivity index (χ1) is 10.1. The van der Waals surface area contributed by atoms with E-state index >= 15 is 0 Å². The topological polar surface area (TPSA) is 18.5 Å². The van der Waals surface area contributed by atoms with E-state index in [1.807, 2.05) is 36.4 Å². The maximum absolute atomic E-state index is 6.15. The van der Waals surface area contributed by atoms with Crippen LogP contribution >= 0.6 is 31.9 Å². The molecule has 0 bridgehead atoms. The maximum Gasteiger partial charge on any atom is 0.128 e. The summed E-state index contributed by atoms with van der Waals surface area (Å²) in [7, 11) is 0. The number of halogens is 2. The van der Waals surface area contributed by atoms with Crippen LogP contribution in [0.25, 0.3) is 11.1 Å². The van der Waals surface area contributed by atoms with E-state index in [0.29, 0.717) is 0 Å². The zero-order chi connectivity index (χ0) is 15.0. The Bertz CT molecular complexity index is 612. The average molecular weight is 412 g/mol. The van der Waals surface area contributed by atoms with Crippen molar-refractivity contribution in [3.63, 3.8) is 0 Å². The summed E-state index contributed by atoms with van der Waals surface area (Å²) in [5.41, 5.74) is 2.06. The largest absolute Gasteiger partial charge is 0.490 e. The normalized spacial score (nSPS) is 21.0. The van der Waals surface area contributed by atoms with Crippen LogP contribution in [0.1, 0.15) is 20.3 Å². The SMILES string of the molecule is C[C@@H]1C[C@@H](C)Oc2cccc(Br)c2-c2c(Br)cccc2O1. The van der Waals surface area contributed by atoms with E-state index in [0.717, 1.165) is 38.0 Å². The van der Waals surface area contributed by atoms with E-state index in [1.54, 1.807) is 0 Å². The molecule has 0 unspecified atom stereocenters. The van der Waals surface area contributed by atoms with E-state index in [1.165, 1.54) is 0 Å². The summed E-state index contributed by atoms with van der Waals surface area (Å²) in [5.74, 6) is 1.76. The molecule has 21 heavy (non-hydrogen) atoms. The Morgan fingerprint density at radius 3 is 1.67 bits per heavy atom.